The molecule has 0 radical (unpaired) electrons. The second-order valence-electron chi connectivity index (χ2n) is 5.35. The van der Waals surface area contributed by atoms with Crippen LogP contribution in [0.1, 0.15) is 18.4 Å². The average Bonchev–Trinajstić information content (AvgIpc) is 2.87. The number of rotatable bonds is 1. The summed E-state index contributed by atoms with van der Waals surface area (Å²) in [7, 11) is 0. The predicted octanol–water partition coefficient (Wildman–Crippen LogP) is 3.28. The third-order valence-electron chi connectivity index (χ3n) is 3.99. The predicted molar refractivity (Wildman–Crippen MR) is 82.2 cm³/mol. The fraction of sp³-hybridized carbons (Fsp3) is 0.176. The number of hydrogen-bond donors (Lipinski definition) is 1. The number of nitrogens with one attached hydrogen (secondary N) is 1. The Labute approximate surface area is 122 Å². The first-order valence-electron chi connectivity index (χ1n) is 7.17. The van der Waals surface area contributed by atoms with E-state index in [-0.39, 0.29) is 5.91 Å². The summed E-state index contributed by atoms with van der Waals surface area (Å²) >= 11 is 0. The molecule has 0 aliphatic carbocycles. The molecule has 1 amide bonds. The normalized spacial score (nSPS) is 14.6. The number of carbonyl (C=O) groups is 1. The SMILES string of the molecule is O=C1CCCc2c(cccc2-c2ccn3nccc3c2)N1. The van der Waals surface area contributed by atoms with E-state index in [0.29, 0.717) is 6.42 Å². The fourth-order valence-corrected chi connectivity index (χ4v) is 2.97. The van der Waals surface area contributed by atoms with Crippen LogP contribution < -0.4 is 5.32 Å². The van der Waals surface area contributed by atoms with Gasteiger partial charge in [-0.3, -0.25) is 4.79 Å². The minimum Gasteiger partial charge on any atom is -0.326 e. The van der Waals surface area contributed by atoms with Gasteiger partial charge in [-0.2, -0.15) is 5.10 Å². The molecule has 0 spiro atoms. The van der Waals surface area contributed by atoms with Crippen molar-refractivity contribution in [3.8, 4) is 11.1 Å². The van der Waals surface area contributed by atoms with Gasteiger partial charge in [-0.25, -0.2) is 4.52 Å². The van der Waals surface area contributed by atoms with Gasteiger partial charge in [0.15, 0.2) is 0 Å². The maximum absolute atomic E-state index is 11.7. The van der Waals surface area contributed by atoms with Crippen molar-refractivity contribution < 1.29 is 4.79 Å². The van der Waals surface area contributed by atoms with E-state index < -0.39 is 0 Å². The van der Waals surface area contributed by atoms with Crippen LogP contribution in [0, 0.1) is 0 Å². The number of carbonyl (C=O) groups excluding carboxylic acids is 1. The second-order valence-corrected chi connectivity index (χ2v) is 5.35. The molecule has 0 fully saturated rings. The van der Waals surface area contributed by atoms with Crippen LogP contribution in [-0.4, -0.2) is 15.5 Å². The Hall–Kier alpha value is -2.62. The van der Waals surface area contributed by atoms with Crippen LogP contribution in [0.3, 0.4) is 0 Å². The molecule has 0 atom stereocenters. The Bertz CT molecular complexity index is 835. The smallest absolute Gasteiger partial charge is 0.224 e. The van der Waals surface area contributed by atoms with Gasteiger partial charge < -0.3 is 5.32 Å². The van der Waals surface area contributed by atoms with E-state index in [1.54, 1.807) is 6.20 Å². The van der Waals surface area contributed by atoms with Crippen molar-refractivity contribution in [1.29, 1.82) is 0 Å². The molecule has 0 saturated heterocycles. The van der Waals surface area contributed by atoms with Crippen molar-refractivity contribution in [2.45, 2.75) is 19.3 Å². The number of aromatic nitrogens is 2. The summed E-state index contributed by atoms with van der Waals surface area (Å²) < 4.78 is 1.85. The molecule has 3 heterocycles. The zero-order chi connectivity index (χ0) is 14.2. The third kappa shape index (κ3) is 2.09. The largest absolute Gasteiger partial charge is 0.326 e. The molecule has 4 heteroatoms. The first-order chi connectivity index (χ1) is 10.3. The van der Waals surface area contributed by atoms with Gasteiger partial charge in [-0.05, 0) is 53.8 Å². The Balaban J connectivity index is 1.88. The maximum Gasteiger partial charge on any atom is 0.224 e. The molecule has 1 aliphatic heterocycles. The number of benzene rings is 1. The molecule has 21 heavy (non-hydrogen) atoms. The van der Waals surface area contributed by atoms with Gasteiger partial charge in [-0.1, -0.05) is 12.1 Å². The summed E-state index contributed by atoms with van der Waals surface area (Å²) in [6.45, 7) is 0. The van der Waals surface area contributed by atoms with Crippen molar-refractivity contribution in [1.82, 2.24) is 9.61 Å². The number of nitrogens with zero attached hydrogens (tertiary/aromatic N) is 2. The van der Waals surface area contributed by atoms with Gasteiger partial charge in [0, 0.05) is 24.5 Å². The molecule has 4 nitrogen and oxygen atoms in total. The molecule has 1 N–H and O–H groups in total. The Morgan fingerprint density at radius 2 is 2.10 bits per heavy atom. The van der Waals surface area contributed by atoms with Gasteiger partial charge in [0.25, 0.3) is 0 Å². The van der Waals surface area contributed by atoms with Crippen LogP contribution in [0.2, 0.25) is 0 Å². The molecule has 0 saturated carbocycles. The lowest BCUT2D eigenvalue weighted by Crippen LogP contribution is -2.09. The van der Waals surface area contributed by atoms with E-state index in [4.69, 9.17) is 0 Å². The van der Waals surface area contributed by atoms with Crippen molar-refractivity contribution >= 4 is 17.1 Å². The zero-order valence-electron chi connectivity index (χ0n) is 11.5. The average molecular weight is 277 g/mol. The van der Waals surface area contributed by atoms with Crippen molar-refractivity contribution in [2.24, 2.45) is 0 Å². The molecule has 0 unspecified atom stereocenters. The molecule has 0 bridgehead atoms. The van der Waals surface area contributed by atoms with E-state index in [9.17, 15) is 4.79 Å². The molecule has 1 aliphatic rings. The highest BCUT2D eigenvalue weighted by Gasteiger charge is 2.16. The van der Waals surface area contributed by atoms with Crippen LogP contribution in [-0.2, 0) is 11.2 Å². The highest BCUT2D eigenvalue weighted by atomic mass is 16.1. The lowest BCUT2D eigenvalue weighted by atomic mass is 9.96. The summed E-state index contributed by atoms with van der Waals surface area (Å²) in [5.74, 6) is 0.108. The topological polar surface area (TPSA) is 46.4 Å². The minimum absolute atomic E-state index is 0.108. The van der Waals surface area contributed by atoms with Crippen LogP contribution in [0.4, 0.5) is 5.69 Å². The molecule has 1 aromatic carbocycles. The van der Waals surface area contributed by atoms with Gasteiger partial charge in [-0.15, -0.1) is 0 Å². The first kappa shape index (κ1) is 12.1. The third-order valence-corrected chi connectivity index (χ3v) is 3.99. The monoisotopic (exact) mass is 277 g/mol. The van der Waals surface area contributed by atoms with E-state index in [1.807, 2.05) is 28.9 Å². The van der Waals surface area contributed by atoms with E-state index >= 15 is 0 Å². The minimum atomic E-state index is 0.108. The van der Waals surface area contributed by atoms with Gasteiger partial charge >= 0.3 is 0 Å². The van der Waals surface area contributed by atoms with Gasteiger partial charge in [0.1, 0.15) is 0 Å². The number of anilines is 1. The quantitative estimate of drug-likeness (QED) is 0.742. The summed E-state index contributed by atoms with van der Waals surface area (Å²) in [6, 6.07) is 12.3. The van der Waals surface area contributed by atoms with Crippen molar-refractivity contribution in [3.63, 3.8) is 0 Å². The summed E-state index contributed by atoms with van der Waals surface area (Å²) in [5.41, 5.74) is 5.60. The Morgan fingerprint density at radius 3 is 3.05 bits per heavy atom. The standard InChI is InChI=1S/C17H15N3O/c21-17-6-2-4-15-14(3-1-5-16(15)19-17)12-8-10-20-13(11-12)7-9-18-20/h1,3,5,7-11H,2,4,6H2,(H,19,21). The van der Waals surface area contributed by atoms with Crippen LogP contribution in [0.25, 0.3) is 16.6 Å². The zero-order valence-corrected chi connectivity index (χ0v) is 11.5. The first-order valence-corrected chi connectivity index (χ1v) is 7.17. The molecule has 104 valence electrons. The van der Waals surface area contributed by atoms with Crippen molar-refractivity contribution in [3.05, 3.63) is 54.4 Å². The Kier molecular flexibility index (Phi) is 2.74. The summed E-state index contributed by atoms with van der Waals surface area (Å²) in [6.07, 6.45) is 6.18. The molecular formula is C17H15N3O. The molecule has 3 aromatic rings. The lowest BCUT2D eigenvalue weighted by molar-refractivity contribution is -0.116. The number of hydrogen-bond acceptors (Lipinski definition) is 2. The molecule has 2 aromatic heterocycles. The van der Waals surface area contributed by atoms with Gasteiger partial charge in [0.05, 0.1) is 5.52 Å². The molecule has 4 rings (SSSR count). The number of fused-ring (bicyclic) bond motifs is 2. The summed E-state index contributed by atoms with van der Waals surface area (Å²) in [4.78, 5) is 11.7. The highest BCUT2D eigenvalue weighted by molar-refractivity contribution is 5.94. The van der Waals surface area contributed by atoms with Crippen LogP contribution >= 0.6 is 0 Å². The maximum atomic E-state index is 11.7. The van der Waals surface area contributed by atoms with E-state index in [1.165, 1.54) is 11.1 Å². The summed E-state index contributed by atoms with van der Waals surface area (Å²) in [5, 5.41) is 7.23. The molecular weight excluding hydrogens is 262 g/mol. The number of amides is 1. The van der Waals surface area contributed by atoms with Crippen LogP contribution in [0.15, 0.2) is 48.8 Å². The van der Waals surface area contributed by atoms with E-state index in [0.717, 1.165) is 29.6 Å². The fourth-order valence-electron chi connectivity index (χ4n) is 2.97. The highest BCUT2D eigenvalue weighted by Crippen LogP contribution is 2.32. The lowest BCUT2D eigenvalue weighted by Gasteiger charge is -2.13. The van der Waals surface area contributed by atoms with Crippen molar-refractivity contribution in [2.75, 3.05) is 5.32 Å². The second kappa shape index (κ2) is 4.74. The van der Waals surface area contributed by atoms with Crippen LogP contribution in [0.5, 0.6) is 0 Å². The van der Waals surface area contributed by atoms with E-state index in [2.05, 4.69) is 28.6 Å². The van der Waals surface area contributed by atoms with Gasteiger partial charge in [0.2, 0.25) is 5.91 Å². The Morgan fingerprint density at radius 1 is 1.14 bits per heavy atom. The number of pyridine rings is 1.